The molecule has 1 aliphatic heterocycles. The number of nitrogens with one attached hydrogen (secondary N) is 1. The van der Waals surface area contributed by atoms with Crippen molar-refractivity contribution in [1.82, 2.24) is 19.9 Å². The summed E-state index contributed by atoms with van der Waals surface area (Å²) in [5.41, 5.74) is 1.42. The van der Waals surface area contributed by atoms with Crippen molar-refractivity contribution in [3.05, 3.63) is 58.3 Å². The minimum absolute atomic E-state index is 0.655. The fourth-order valence-corrected chi connectivity index (χ4v) is 4.37. The number of nitrogens with zero attached hydrogens (tertiary/aromatic N) is 5. The molecule has 0 aliphatic carbocycles. The van der Waals surface area contributed by atoms with Crippen molar-refractivity contribution in [3.8, 4) is 0 Å². The van der Waals surface area contributed by atoms with E-state index in [2.05, 4.69) is 60.4 Å². The van der Waals surface area contributed by atoms with Crippen LogP contribution in [0.15, 0.2) is 42.6 Å². The molecule has 1 aromatic carbocycles. The Hall–Kier alpha value is -2.22. The quantitative estimate of drug-likeness (QED) is 0.602. The lowest BCUT2D eigenvalue weighted by atomic mass is 10.1. The van der Waals surface area contributed by atoms with Gasteiger partial charge in [0, 0.05) is 32.2 Å². The number of aryl methyl sites for hydroxylation is 2. The van der Waals surface area contributed by atoms with Crippen LogP contribution >= 0.6 is 22.9 Å². The summed E-state index contributed by atoms with van der Waals surface area (Å²) in [6.07, 6.45) is 3.98. The van der Waals surface area contributed by atoms with Gasteiger partial charge in [-0.1, -0.05) is 53.3 Å². The molecule has 0 spiro atoms. The molecule has 0 atom stereocenters. The first-order valence-corrected chi connectivity index (χ1v) is 11.1. The van der Waals surface area contributed by atoms with E-state index < -0.39 is 0 Å². The summed E-state index contributed by atoms with van der Waals surface area (Å²) in [7, 11) is 0. The van der Waals surface area contributed by atoms with Crippen LogP contribution in [0.25, 0.3) is 0 Å². The lowest BCUT2D eigenvalue weighted by Gasteiger charge is -2.35. The molecular weight excluding hydrogens is 404 g/mol. The Morgan fingerprint density at radius 3 is 2.62 bits per heavy atom. The fourth-order valence-electron chi connectivity index (χ4n) is 3.55. The number of halogens is 1. The average Bonchev–Trinajstić information content (AvgIpc) is 3.13. The zero-order chi connectivity index (χ0) is 20.1. The van der Waals surface area contributed by atoms with Crippen molar-refractivity contribution >= 4 is 39.7 Å². The van der Waals surface area contributed by atoms with E-state index >= 15 is 0 Å². The van der Waals surface area contributed by atoms with E-state index in [1.54, 1.807) is 6.20 Å². The molecule has 152 valence electrons. The highest BCUT2D eigenvalue weighted by Gasteiger charge is 2.19. The van der Waals surface area contributed by atoms with Crippen LogP contribution in [0.1, 0.15) is 17.8 Å². The highest BCUT2D eigenvalue weighted by atomic mass is 35.5. The van der Waals surface area contributed by atoms with Gasteiger partial charge in [-0.3, -0.25) is 4.90 Å². The van der Waals surface area contributed by atoms with Gasteiger partial charge >= 0.3 is 0 Å². The molecule has 2 aromatic heterocycles. The van der Waals surface area contributed by atoms with Gasteiger partial charge in [-0.25, -0.2) is 15.0 Å². The molecule has 29 heavy (non-hydrogen) atoms. The lowest BCUT2D eigenvalue weighted by molar-refractivity contribution is 0.254. The predicted molar refractivity (Wildman–Crippen MR) is 121 cm³/mol. The van der Waals surface area contributed by atoms with Gasteiger partial charge in [0.1, 0.15) is 21.8 Å². The van der Waals surface area contributed by atoms with Crippen molar-refractivity contribution in [2.45, 2.75) is 19.8 Å². The average molecular weight is 429 g/mol. The Balaban J connectivity index is 1.30. The number of hydrogen-bond donors (Lipinski definition) is 1. The van der Waals surface area contributed by atoms with Crippen LogP contribution in [0.3, 0.4) is 0 Å². The maximum Gasteiger partial charge on any atom is 0.189 e. The van der Waals surface area contributed by atoms with Gasteiger partial charge in [0.05, 0.1) is 6.20 Å². The molecule has 0 saturated carbocycles. The van der Waals surface area contributed by atoms with Crippen LogP contribution in [-0.2, 0) is 6.42 Å². The molecule has 1 saturated heterocycles. The Labute approximate surface area is 180 Å². The van der Waals surface area contributed by atoms with E-state index in [1.807, 2.05) is 13.0 Å². The normalized spacial score (nSPS) is 14.9. The van der Waals surface area contributed by atoms with Gasteiger partial charge in [0.25, 0.3) is 0 Å². The number of benzene rings is 1. The van der Waals surface area contributed by atoms with E-state index in [1.165, 1.54) is 23.3 Å². The molecule has 8 heteroatoms. The minimum Gasteiger partial charge on any atom is -0.354 e. The maximum atomic E-state index is 5.97. The van der Waals surface area contributed by atoms with E-state index in [0.29, 0.717) is 4.34 Å². The standard InChI is InChI=1S/C21H25ClN6S/c1-16-24-19(26-21-23-15-18(22)29-21)14-20(25-16)28-12-10-27(11-13-28)9-5-8-17-6-3-2-4-7-17/h2-4,6-7,14-15H,5,8-13H2,1H3,(H,23,24,25,26). The van der Waals surface area contributed by atoms with Crippen LogP contribution in [0.4, 0.5) is 16.8 Å². The third-order valence-electron chi connectivity index (χ3n) is 5.02. The maximum absolute atomic E-state index is 5.97. The van der Waals surface area contributed by atoms with E-state index in [4.69, 9.17) is 11.6 Å². The molecule has 1 fully saturated rings. The van der Waals surface area contributed by atoms with E-state index in [-0.39, 0.29) is 0 Å². The third-order valence-corrected chi connectivity index (χ3v) is 6.05. The Bertz CT molecular complexity index is 924. The summed E-state index contributed by atoms with van der Waals surface area (Å²) in [5, 5.41) is 3.97. The monoisotopic (exact) mass is 428 g/mol. The highest BCUT2D eigenvalue weighted by molar-refractivity contribution is 7.19. The summed E-state index contributed by atoms with van der Waals surface area (Å²) in [6, 6.07) is 12.7. The largest absolute Gasteiger partial charge is 0.354 e. The second-order valence-corrected chi connectivity index (χ2v) is 8.83. The molecule has 1 N–H and O–H groups in total. The molecule has 3 aromatic rings. The van der Waals surface area contributed by atoms with Gasteiger partial charge in [-0.15, -0.1) is 0 Å². The predicted octanol–water partition coefficient (Wildman–Crippen LogP) is 4.39. The molecule has 6 nitrogen and oxygen atoms in total. The number of hydrogen-bond acceptors (Lipinski definition) is 7. The molecule has 4 rings (SSSR count). The zero-order valence-electron chi connectivity index (χ0n) is 16.5. The van der Waals surface area contributed by atoms with E-state index in [9.17, 15) is 0 Å². The molecule has 3 heterocycles. The summed E-state index contributed by atoms with van der Waals surface area (Å²) in [6.45, 7) is 7.13. The van der Waals surface area contributed by atoms with Crippen molar-refractivity contribution < 1.29 is 0 Å². The zero-order valence-corrected chi connectivity index (χ0v) is 18.1. The summed E-state index contributed by atoms with van der Waals surface area (Å²) in [5.74, 6) is 2.47. The van der Waals surface area contributed by atoms with Crippen LogP contribution < -0.4 is 10.2 Å². The molecule has 0 bridgehead atoms. The summed E-state index contributed by atoms with van der Waals surface area (Å²) in [4.78, 5) is 18.2. The van der Waals surface area contributed by atoms with Crippen LogP contribution in [0.2, 0.25) is 4.34 Å². The van der Waals surface area contributed by atoms with Crippen molar-refractivity contribution in [2.75, 3.05) is 42.9 Å². The third kappa shape index (κ3) is 5.65. The Kier molecular flexibility index (Phi) is 6.59. The topological polar surface area (TPSA) is 57.2 Å². The second-order valence-electron chi connectivity index (χ2n) is 7.17. The lowest BCUT2D eigenvalue weighted by Crippen LogP contribution is -2.47. The van der Waals surface area contributed by atoms with Crippen LogP contribution in [0, 0.1) is 6.92 Å². The summed E-state index contributed by atoms with van der Waals surface area (Å²) >= 11 is 7.36. The SMILES string of the molecule is Cc1nc(Nc2ncc(Cl)s2)cc(N2CCN(CCCc3ccccc3)CC2)n1. The number of rotatable bonds is 7. The highest BCUT2D eigenvalue weighted by Crippen LogP contribution is 2.26. The first-order chi connectivity index (χ1) is 14.2. The van der Waals surface area contributed by atoms with Crippen molar-refractivity contribution in [3.63, 3.8) is 0 Å². The van der Waals surface area contributed by atoms with Gasteiger partial charge in [-0.2, -0.15) is 0 Å². The first kappa shape index (κ1) is 20.1. The van der Waals surface area contributed by atoms with Crippen molar-refractivity contribution in [1.29, 1.82) is 0 Å². The van der Waals surface area contributed by atoms with E-state index in [0.717, 1.165) is 61.7 Å². The van der Waals surface area contributed by atoms with Gasteiger partial charge in [0.15, 0.2) is 5.13 Å². The Morgan fingerprint density at radius 2 is 1.90 bits per heavy atom. The van der Waals surface area contributed by atoms with Gasteiger partial charge in [0.2, 0.25) is 0 Å². The van der Waals surface area contributed by atoms with Crippen LogP contribution in [0.5, 0.6) is 0 Å². The molecule has 0 radical (unpaired) electrons. The molecular formula is C21H25ClN6S. The smallest absolute Gasteiger partial charge is 0.189 e. The number of piperazine rings is 1. The van der Waals surface area contributed by atoms with Crippen LogP contribution in [-0.4, -0.2) is 52.6 Å². The van der Waals surface area contributed by atoms with Gasteiger partial charge < -0.3 is 10.2 Å². The Morgan fingerprint density at radius 1 is 1.10 bits per heavy atom. The minimum atomic E-state index is 0.655. The number of thiazole rings is 1. The number of anilines is 3. The summed E-state index contributed by atoms with van der Waals surface area (Å²) < 4.78 is 0.655. The molecule has 0 amide bonds. The van der Waals surface area contributed by atoms with Gasteiger partial charge in [-0.05, 0) is 31.9 Å². The number of aromatic nitrogens is 3. The molecule has 1 aliphatic rings. The fraction of sp³-hybridized carbons (Fsp3) is 0.381. The van der Waals surface area contributed by atoms with Crippen molar-refractivity contribution in [2.24, 2.45) is 0 Å². The molecule has 0 unspecified atom stereocenters. The second kappa shape index (κ2) is 9.52. The first-order valence-electron chi connectivity index (χ1n) is 9.91.